The molecule has 2 amide bonds. The molecular weight excluding hydrogens is 309 g/mol. The summed E-state index contributed by atoms with van der Waals surface area (Å²) in [5.41, 5.74) is 0.296. The van der Waals surface area contributed by atoms with Crippen LogP contribution in [-0.4, -0.2) is 45.4 Å². The number of amides is 2. The number of rotatable bonds is 2. The van der Waals surface area contributed by atoms with Crippen molar-refractivity contribution >= 4 is 29.4 Å². The van der Waals surface area contributed by atoms with E-state index in [0.717, 1.165) is 0 Å². The van der Waals surface area contributed by atoms with E-state index in [0.29, 0.717) is 22.3 Å². The highest BCUT2D eigenvalue weighted by Gasteiger charge is 2.54. The summed E-state index contributed by atoms with van der Waals surface area (Å²) in [6.07, 6.45) is -4.69. The second-order valence-corrected chi connectivity index (χ2v) is 5.40. The van der Waals surface area contributed by atoms with Gasteiger partial charge in [-0.3, -0.25) is 4.90 Å². The summed E-state index contributed by atoms with van der Waals surface area (Å²) in [5, 5.41) is 9.10. The Morgan fingerprint density at radius 2 is 1.90 bits per heavy atom. The van der Waals surface area contributed by atoms with Gasteiger partial charge < -0.3 is 10.4 Å². The van der Waals surface area contributed by atoms with E-state index in [1.54, 1.807) is 18.2 Å². The smallest absolute Gasteiger partial charge is 0.418 e. The highest BCUT2D eigenvalue weighted by molar-refractivity contribution is 8.00. The van der Waals surface area contributed by atoms with Crippen molar-refractivity contribution in [2.24, 2.45) is 0 Å². The molecule has 0 spiro atoms. The maximum absolute atomic E-state index is 12.9. The molecule has 21 heavy (non-hydrogen) atoms. The number of urea groups is 1. The summed E-state index contributed by atoms with van der Waals surface area (Å²) in [4.78, 5) is 23.4. The molecule has 1 heterocycles. The Balaban J connectivity index is 2.22. The molecule has 0 aromatic heterocycles. The molecule has 2 rings (SSSR count). The number of nitrogens with one attached hydrogen (secondary N) is 1. The molecule has 0 bridgehead atoms. The number of carboxylic acids is 1. The number of alkyl halides is 3. The van der Waals surface area contributed by atoms with Gasteiger partial charge in [-0.05, 0) is 12.1 Å². The number of carbonyl (C=O) groups is 2. The standard InChI is InChI=1S/C12H11F3N2O3S/c13-12(14,15)10-17(8(6-21-10)9(18)19)11(20)16-7-4-2-1-3-5-7/h1-5,8,10H,6H2,(H,16,20)(H,18,19)/t8-,10+/m1/s1. The van der Waals surface area contributed by atoms with Crippen molar-refractivity contribution in [3.63, 3.8) is 0 Å². The quantitative estimate of drug-likeness (QED) is 0.879. The number of para-hydroxylation sites is 1. The van der Waals surface area contributed by atoms with Crippen LogP contribution in [0.4, 0.5) is 23.7 Å². The number of aliphatic carboxylic acids is 1. The number of hydrogen-bond donors (Lipinski definition) is 2. The van der Waals surface area contributed by atoms with Crippen LogP contribution < -0.4 is 5.32 Å². The van der Waals surface area contributed by atoms with Gasteiger partial charge in [0, 0.05) is 11.4 Å². The normalized spacial score (nSPS) is 22.1. The van der Waals surface area contributed by atoms with Gasteiger partial charge in [-0.2, -0.15) is 13.2 Å². The number of hydrogen-bond acceptors (Lipinski definition) is 3. The fraction of sp³-hybridized carbons (Fsp3) is 0.333. The van der Waals surface area contributed by atoms with Crippen LogP contribution in [0, 0.1) is 0 Å². The predicted octanol–water partition coefficient (Wildman–Crippen LogP) is 2.61. The van der Waals surface area contributed by atoms with E-state index in [1.165, 1.54) is 12.1 Å². The third-order valence-corrected chi connectivity index (χ3v) is 4.14. The van der Waals surface area contributed by atoms with E-state index < -0.39 is 29.6 Å². The van der Waals surface area contributed by atoms with Crippen molar-refractivity contribution in [1.82, 2.24) is 4.90 Å². The van der Waals surface area contributed by atoms with Gasteiger partial charge in [0.05, 0.1) is 0 Å². The van der Waals surface area contributed by atoms with Crippen LogP contribution >= 0.6 is 11.8 Å². The Kier molecular flexibility index (Phi) is 4.31. The van der Waals surface area contributed by atoms with Crippen LogP contribution in [-0.2, 0) is 4.79 Å². The van der Waals surface area contributed by atoms with Gasteiger partial charge in [-0.25, -0.2) is 9.59 Å². The summed E-state index contributed by atoms with van der Waals surface area (Å²) >= 11 is 0.392. The van der Waals surface area contributed by atoms with Gasteiger partial charge in [0.2, 0.25) is 0 Å². The Labute approximate surface area is 122 Å². The lowest BCUT2D eigenvalue weighted by molar-refractivity contribution is -0.158. The number of benzene rings is 1. The lowest BCUT2D eigenvalue weighted by Crippen LogP contribution is -2.51. The molecule has 9 heteroatoms. The minimum atomic E-state index is -4.69. The molecule has 2 atom stereocenters. The molecular formula is C12H11F3N2O3S. The first-order valence-corrected chi connectivity index (χ1v) is 6.91. The number of carboxylic acid groups (broad SMARTS) is 1. The lowest BCUT2D eigenvalue weighted by Gasteiger charge is -2.28. The summed E-state index contributed by atoms with van der Waals surface area (Å²) in [5.74, 6) is -1.76. The maximum atomic E-state index is 12.9. The number of halogens is 3. The van der Waals surface area contributed by atoms with E-state index in [2.05, 4.69) is 5.32 Å². The SMILES string of the molecule is O=C(O)[C@H]1CS[C@@H](C(F)(F)F)N1C(=O)Nc1ccccc1. The Bertz CT molecular complexity index is 538. The zero-order valence-corrected chi connectivity index (χ0v) is 11.3. The summed E-state index contributed by atoms with van der Waals surface area (Å²) in [6.45, 7) is 0. The summed E-state index contributed by atoms with van der Waals surface area (Å²) < 4.78 is 38.7. The minimum Gasteiger partial charge on any atom is -0.480 e. The second-order valence-electron chi connectivity index (χ2n) is 4.28. The molecule has 0 radical (unpaired) electrons. The number of carbonyl (C=O) groups excluding carboxylic acids is 1. The van der Waals surface area contributed by atoms with Gasteiger partial charge in [0.15, 0.2) is 5.37 Å². The van der Waals surface area contributed by atoms with Crippen molar-refractivity contribution in [3.8, 4) is 0 Å². The zero-order chi connectivity index (χ0) is 15.6. The van der Waals surface area contributed by atoms with Gasteiger partial charge in [-0.15, -0.1) is 11.8 Å². The molecule has 0 unspecified atom stereocenters. The van der Waals surface area contributed by atoms with Crippen LogP contribution in [0.1, 0.15) is 0 Å². The van der Waals surface area contributed by atoms with E-state index in [-0.39, 0.29) is 5.75 Å². The largest absolute Gasteiger partial charge is 0.480 e. The van der Waals surface area contributed by atoms with Crippen molar-refractivity contribution in [3.05, 3.63) is 30.3 Å². The van der Waals surface area contributed by atoms with Gasteiger partial charge >= 0.3 is 18.2 Å². The topological polar surface area (TPSA) is 69.6 Å². The van der Waals surface area contributed by atoms with Crippen molar-refractivity contribution < 1.29 is 27.9 Å². The van der Waals surface area contributed by atoms with E-state index in [4.69, 9.17) is 5.11 Å². The third-order valence-electron chi connectivity index (χ3n) is 2.83. The summed E-state index contributed by atoms with van der Waals surface area (Å²) in [6, 6.07) is 5.29. The van der Waals surface area contributed by atoms with E-state index in [1.807, 2.05) is 0 Å². The molecule has 1 fully saturated rings. The average molecular weight is 320 g/mol. The molecule has 1 aromatic rings. The van der Waals surface area contributed by atoms with Crippen molar-refractivity contribution in [1.29, 1.82) is 0 Å². The molecule has 1 aromatic carbocycles. The first-order chi connectivity index (χ1) is 9.80. The van der Waals surface area contributed by atoms with Crippen molar-refractivity contribution in [2.75, 3.05) is 11.1 Å². The van der Waals surface area contributed by atoms with Crippen LogP contribution in [0.15, 0.2) is 30.3 Å². The maximum Gasteiger partial charge on any atom is 0.418 e. The van der Waals surface area contributed by atoms with Crippen LogP contribution in [0.25, 0.3) is 0 Å². The Morgan fingerprint density at radius 3 is 2.43 bits per heavy atom. The fourth-order valence-electron chi connectivity index (χ4n) is 1.91. The predicted molar refractivity (Wildman–Crippen MR) is 71.0 cm³/mol. The number of thioether (sulfide) groups is 1. The van der Waals surface area contributed by atoms with Crippen LogP contribution in [0.5, 0.6) is 0 Å². The highest BCUT2D eigenvalue weighted by atomic mass is 32.2. The summed E-state index contributed by atoms with van der Waals surface area (Å²) in [7, 11) is 0. The molecule has 1 saturated heterocycles. The van der Waals surface area contributed by atoms with Crippen LogP contribution in [0.3, 0.4) is 0 Å². The second kappa shape index (κ2) is 5.84. The first-order valence-electron chi connectivity index (χ1n) is 5.86. The Hall–Kier alpha value is -1.90. The molecule has 114 valence electrons. The average Bonchev–Trinajstić information content (AvgIpc) is 2.84. The number of anilines is 1. The molecule has 5 nitrogen and oxygen atoms in total. The monoisotopic (exact) mass is 320 g/mol. The lowest BCUT2D eigenvalue weighted by atomic mass is 10.3. The molecule has 0 aliphatic carbocycles. The van der Waals surface area contributed by atoms with Gasteiger partial charge in [0.25, 0.3) is 0 Å². The molecule has 2 N–H and O–H groups in total. The highest BCUT2D eigenvalue weighted by Crippen LogP contribution is 2.40. The Morgan fingerprint density at radius 1 is 1.29 bits per heavy atom. The van der Waals surface area contributed by atoms with Crippen LogP contribution in [0.2, 0.25) is 0 Å². The first kappa shape index (κ1) is 15.5. The third kappa shape index (κ3) is 3.41. The molecule has 1 aliphatic rings. The molecule has 0 saturated carbocycles. The minimum absolute atomic E-state index is 0.296. The molecule has 1 aliphatic heterocycles. The zero-order valence-electron chi connectivity index (χ0n) is 10.5. The fourth-order valence-corrected chi connectivity index (χ4v) is 3.17. The van der Waals surface area contributed by atoms with Crippen molar-refractivity contribution in [2.45, 2.75) is 17.6 Å². The van der Waals surface area contributed by atoms with E-state index in [9.17, 15) is 22.8 Å². The van der Waals surface area contributed by atoms with E-state index >= 15 is 0 Å². The van der Waals surface area contributed by atoms with Gasteiger partial charge in [0.1, 0.15) is 6.04 Å². The number of nitrogens with zero attached hydrogens (tertiary/aromatic N) is 1. The van der Waals surface area contributed by atoms with Gasteiger partial charge in [-0.1, -0.05) is 18.2 Å².